The lowest BCUT2D eigenvalue weighted by molar-refractivity contribution is -0.116. The normalized spacial score (nSPS) is 13.3. The molecule has 0 aliphatic heterocycles. The molecule has 0 fully saturated rings. The smallest absolute Gasteiger partial charge is 0.226 e. The molecule has 0 bridgehead atoms. The van der Waals surface area contributed by atoms with Crippen molar-refractivity contribution in [3.05, 3.63) is 35.0 Å². The summed E-state index contributed by atoms with van der Waals surface area (Å²) in [6, 6.07) is 4.16. The summed E-state index contributed by atoms with van der Waals surface area (Å²) >= 11 is 1.36. The maximum Gasteiger partial charge on any atom is 0.226 e. The number of nitrogens with one attached hydrogen (secondary N) is 2. The lowest BCUT2D eigenvalue weighted by Gasteiger charge is -2.21. The van der Waals surface area contributed by atoms with Gasteiger partial charge in [0.05, 0.1) is 17.8 Å². The Hall–Kier alpha value is -2.17. The average Bonchev–Trinajstić information content (AvgIpc) is 3.15. The summed E-state index contributed by atoms with van der Waals surface area (Å²) in [5.41, 5.74) is 1.64. The lowest BCUT2D eigenvalue weighted by atomic mass is 10.1. The van der Waals surface area contributed by atoms with Crippen molar-refractivity contribution in [1.82, 2.24) is 15.1 Å². The highest BCUT2D eigenvalue weighted by Crippen LogP contribution is 2.22. The number of hydrogen-bond donors (Lipinski definition) is 2. The summed E-state index contributed by atoms with van der Waals surface area (Å²) in [7, 11) is 0. The van der Waals surface area contributed by atoms with Gasteiger partial charge in [-0.15, -0.1) is 11.3 Å². The zero-order valence-electron chi connectivity index (χ0n) is 13.5. The van der Waals surface area contributed by atoms with E-state index in [4.69, 9.17) is 5.26 Å². The number of nitrogens with zero attached hydrogens (tertiary/aromatic N) is 3. The third kappa shape index (κ3) is 4.65. The van der Waals surface area contributed by atoms with Gasteiger partial charge in [-0.05, 0) is 37.8 Å². The van der Waals surface area contributed by atoms with Gasteiger partial charge in [0, 0.05) is 25.2 Å². The second kappa shape index (κ2) is 7.90. The number of anilines is 1. The first-order valence-corrected chi connectivity index (χ1v) is 8.40. The van der Waals surface area contributed by atoms with Gasteiger partial charge in [-0.2, -0.15) is 10.4 Å². The first kappa shape index (κ1) is 17.2. The van der Waals surface area contributed by atoms with Crippen LogP contribution in [0.3, 0.4) is 0 Å². The molecule has 23 heavy (non-hydrogen) atoms. The van der Waals surface area contributed by atoms with Crippen molar-refractivity contribution >= 4 is 22.2 Å². The number of carbonyl (C=O) groups is 1. The quantitative estimate of drug-likeness (QED) is 0.817. The molecule has 0 aliphatic rings. The van der Waals surface area contributed by atoms with E-state index in [9.17, 15) is 4.79 Å². The summed E-state index contributed by atoms with van der Waals surface area (Å²) in [4.78, 5) is 11.9. The molecule has 2 N–H and O–H groups in total. The zero-order chi connectivity index (χ0) is 16.8. The molecule has 0 aliphatic carbocycles. The van der Waals surface area contributed by atoms with E-state index < -0.39 is 0 Å². The minimum absolute atomic E-state index is 0.0914. The van der Waals surface area contributed by atoms with Crippen molar-refractivity contribution in [2.75, 3.05) is 11.9 Å². The highest BCUT2D eigenvalue weighted by atomic mass is 32.1. The van der Waals surface area contributed by atoms with Crippen LogP contribution in [0.25, 0.3) is 0 Å². The van der Waals surface area contributed by atoms with E-state index in [0.717, 1.165) is 5.56 Å². The molecule has 0 aromatic carbocycles. The van der Waals surface area contributed by atoms with Crippen molar-refractivity contribution in [3.8, 4) is 6.07 Å². The molecule has 2 aromatic rings. The Morgan fingerprint density at radius 2 is 2.30 bits per heavy atom. The van der Waals surface area contributed by atoms with Gasteiger partial charge in [-0.3, -0.25) is 9.48 Å². The lowest BCUT2D eigenvalue weighted by Crippen LogP contribution is -2.35. The average molecular weight is 331 g/mol. The molecule has 122 valence electrons. The highest BCUT2D eigenvalue weighted by molar-refractivity contribution is 7.14. The third-order valence-electron chi connectivity index (χ3n) is 3.73. The molecular weight excluding hydrogens is 310 g/mol. The fourth-order valence-corrected chi connectivity index (χ4v) is 2.91. The van der Waals surface area contributed by atoms with Crippen LogP contribution in [0.5, 0.6) is 0 Å². The van der Waals surface area contributed by atoms with Gasteiger partial charge in [-0.25, -0.2) is 0 Å². The summed E-state index contributed by atoms with van der Waals surface area (Å²) in [6.45, 7) is 6.76. The van der Waals surface area contributed by atoms with Crippen molar-refractivity contribution in [2.24, 2.45) is 0 Å². The van der Waals surface area contributed by atoms with E-state index in [-0.39, 0.29) is 18.0 Å². The van der Waals surface area contributed by atoms with Crippen LogP contribution in [0, 0.1) is 18.3 Å². The number of thiophene rings is 1. The fraction of sp³-hybridized carbons (Fsp3) is 0.438. The molecule has 2 heterocycles. The largest absolute Gasteiger partial charge is 0.317 e. The Bertz CT molecular complexity index is 699. The van der Waals surface area contributed by atoms with E-state index in [1.807, 2.05) is 24.0 Å². The van der Waals surface area contributed by atoms with Crippen molar-refractivity contribution in [3.63, 3.8) is 0 Å². The molecule has 7 heteroatoms. The van der Waals surface area contributed by atoms with Crippen LogP contribution in [-0.4, -0.2) is 28.3 Å². The topological polar surface area (TPSA) is 82.7 Å². The van der Waals surface area contributed by atoms with Gasteiger partial charge in [0.15, 0.2) is 0 Å². The Morgan fingerprint density at radius 3 is 2.96 bits per heavy atom. The molecular formula is C16H21N5OS. The minimum atomic E-state index is -0.0914. The summed E-state index contributed by atoms with van der Waals surface area (Å²) in [6.07, 6.45) is 4.21. The standard InChI is InChI=1S/C16H21N5OS/c1-11-9-19-21(10-11)13(3)12(2)18-6-4-15(22)20-16-14(8-17)5-7-23-16/h5,7,9-10,12-13,18H,4,6H2,1-3H3,(H,20,22)/t12-,13-/m1/s1. The van der Waals surface area contributed by atoms with Crippen molar-refractivity contribution < 1.29 is 4.79 Å². The predicted molar refractivity (Wildman–Crippen MR) is 91.4 cm³/mol. The molecule has 0 saturated heterocycles. The van der Waals surface area contributed by atoms with E-state index in [0.29, 0.717) is 23.5 Å². The number of nitriles is 1. The first-order chi connectivity index (χ1) is 11.0. The van der Waals surface area contributed by atoms with Gasteiger partial charge in [-0.1, -0.05) is 0 Å². The molecule has 6 nitrogen and oxygen atoms in total. The number of rotatable bonds is 7. The van der Waals surface area contributed by atoms with Crippen LogP contribution in [0.4, 0.5) is 5.00 Å². The predicted octanol–water partition coefficient (Wildman–Crippen LogP) is 2.69. The van der Waals surface area contributed by atoms with Gasteiger partial charge >= 0.3 is 0 Å². The van der Waals surface area contributed by atoms with Gasteiger partial charge in [0.25, 0.3) is 0 Å². The van der Waals surface area contributed by atoms with Crippen LogP contribution >= 0.6 is 11.3 Å². The maximum absolute atomic E-state index is 11.9. The molecule has 0 saturated carbocycles. The summed E-state index contributed by atoms with van der Waals surface area (Å²) < 4.78 is 1.93. The number of carbonyl (C=O) groups excluding carboxylic acids is 1. The van der Waals surface area contributed by atoms with E-state index in [1.165, 1.54) is 11.3 Å². The van der Waals surface area contributed by atoms with E-state index in [1.54, 1.807) is 11.4 Å². The van der Waals surface area contributed by atoms with Crippen LogP contribution < -0.4 is 10.6 Å². The van der Waals surface area contributed by atoms with Gasteiger partial charge in [0.2, 0.25) is 5.91 Å². The molecule has 2 aromatic heterocycles. The number of hydrogen-bond acceptors (Lipinski definition) is 5. The third-order valence-corrected chi connectivity index (χ3v) is 4.56. The van der Waals surface area contributed by atoms with Crippen LogP contribution in [0.15, 0.2) is 23.8 Å². The van der Waals surface area contributed by atoms with E-state index in [2.05, 4.69) is 35.6 Å². The summed E-state index contributed by atoms with van der Waals surface area (Å²) in [5.74, 6) is -0.0914. The number of aryl methyl sites for hydroxylation is 1. The second-order valence-electron chi connectivity index (χ2n) is 5.55. The Kier molecular flexibility index (Phi) is 5.90. The zero-order valence-corrected chi connectivity index (χ0v) is 14.4. The summed E-state index contributed by atoms with van der Waals surface area (Å²) in [5, 5.41) is 21.8. The maximum atomic E-state index is 11.9. The molecule has 2 atom stereocenters. The second-order valence-corrected chi connectivity index (χ2v) is 6.47. The molecule has 2 rings (SSSR count). The number of amides is 1. The molecule has 0 spiro atoms. The molecule has 0 unspecified atom stereocenters. The Labute approximate surface area is 140 Å². The van der Waals surface area contributed by atoms with Crippen LogP contribution in [0.1, 0.15) is 37.4 Å². The monoisotopic (exact) mass is 331 g/mol. The minimum Gasteiger partial charge on any atom is -0.317 e. The SMILES string of the molecule is Cc1cnn([C@H](C)[C@@H](C)NCCC(=O)Nc2sccc2C#N)c1. The van der Waals surface area contributed by atoms with E-state index >= 15 is 0 Å². The van der Waals surface area contributed by atoms with Gasteiger partial charge < -0.3 is 10.6 Å². The Morgan fingerprint density at radius 1 is 1.52 bits per heavy atom. The number of aromatic nitrogens is 2. The van der Waals surface area contributed by atoms with Crippen LogP contribution in [0.2, 0.25) is 0 Å². The van der Waals surface area contributed by atoms with Crippen molar-refractivity contribution in [2.45, 2.75) is 39.3 Å². The van der Waals surface area contributed by atoms with Crippen LogP contribution in [-0.2, 0) is 4.79 Å². The van der Waals surface area contributed by atoms with Crippen molar-refractivity contribution in [1.29, 1.82) is 5.26 Å². The highest BCUT2D eigenvalue weighted by Gasteiger charge is 2.15. The Balaban J connectivity index is 1.76. The molecule has 0 radical (unpaired) electrons. The van der Waals surface area contributed by atoms with Gasteiger partial charge in [0.1, 0.15) is 11.1 Å². The fourth-order valence-electron chi connectivity index (χ4n) is 2.15. The molecule has 1 amide bonds. The first-order valence-electron chi connectivity index (χ1n) is 7.53.